The molecule has 1 aliphatic rings. The third kappa shape index (κ3) is 4.70. The number of carbonyl (C=O) groups is 2. The van der Waals surface area contributed by atoms with Crippen molar-refractivity contribution in [1.29, 1.82) is 0 Å². The van der Waals surface area contributed by atoms with Gasteiger partial charge in [0, 0.05) is 22.4 Å². The fourth-order valence-corrected chi connectivity index (χ4v) is 3.55. The van der Waals surface area contributed by atoms with Gasteiger partial charge in [-0.05, 0) is 43.9 Å². The average Bonchev–Trinajstić information content (AvgIpc) is 2.88. The summed E-state index contributed by atoms with van der Waals surface area (Å²) in [5, 5.41) is 12.0. The molecule has 2 atom stereocenters. The van der Waals surface area contributed by atoms with Crippen LogP contribution in [-0.4, -0.2) is 23.5 Å². The fraction of sp³-hybridized carbons (Fsp3) is 0.500. The summed E-state index contributed by atoms with van der Waals surface area (Å²) in [7, 11) is 0. The van der Waals surface area contributed by atoms with Crippen molar-refractivity contribution in [3.05, 3.63) is 28.0 Å². The summed E-state index contributed by atoms with van der Waals surface area (Å²) in [5.41, 5.74) is 0. The van der Waals surface area contributed by atoms with E-state index in [4.69, 9.17) is 0 Å². The molecule has 1 aliphatic carbocycles. The molecule has 0 spiro atoms. The molecule has 1 aromatic rings. The molecule has 5 heteroatoms. The number of thiophene rings is 1. The number of carboxylic acid groups (broad SMARTS) is 1. The van der Waals surface area contributed by atoms with Gasteiger partial charge in [-0.1, -0.05) is 12.8 Å². The molecule has 2 unspecified atom stereocenters. The lowest BCUT2D eigenvalue weighted by Gasteiger charge is -2.28. The van der Waals surface area contributed by atoms with Crippen molar-refractivity contribution in [3.63, 3.8) is 0 Å². The van der Waals surface area contributed by atoms with Gasteiger partial charge in [0.05, 0.1) is 5.92 Å². The van der Waals surface area contributed by atoms with E-state index in [0.717, 1.165) is 30.6 Å². The Morgan fingerprint density at radius 3 is 2.81 bits per heavy atom. The van der Waals surface area contributed by atoms with Crippen LogP contribution in [0.3, 0.4) is 0 Å². The molecule has 0 aromatic carbocycles. The minimum absolute atomic E-state index is 0.0533. The predicted molar refractivity (Wildman–Crippen MR) is 84.2 cm³/mol. The van der Waals surface area contributed by atoms with Crippen LogP contribution >= 0.6 is 11.3 Å². The smallest absolute Gasteiger partial charge is 0.306 e. The summed E-state index contributed by atoms with van der Waals surface area (Å²) < 4.78 is 0. The van der Waals surface area contributed by atoms with Gasteiger partial charge in [-0.2, -0.15) is 0 Å². The lowest BCUT2D eigenvalue weighted by Crippen LogP contribution is -2.36. The van der Waals surface area contributed by atoms with Crippen molar-refractivity contribution in [2.24, 2.45) is 11.8 Å². The molecule has 0 bridgehead atoms. The van der Waals surface area contributed by atoms with Gasteiger partial charge in [-0.15, -0.1) is 11.3 Å². The molecule has 21 heavy (non-hydrogen) atoms. The number of carbonyl (C=O) groups excluding carboxylic acids is 1. The topological polar surface area (TPSA) is 66.4 Å². The van der Waals surface area contributed by atoms with Crippen LogP contribution in [0.2, 0.25) is 0 Å². The SMILES string of the molecule is Cc1ccc(C=CC(=O)NCC2CCCCC2C(=O)O)s1. The maximum absolute atomic E-state index is 11.8. The molecule has 1 heterocycles. The summed E-state index contributed by atoms with van der Waals surface area (Å²) >= 11 is 1.64. The number of carboxylic acids is 1. The van der Waals surface area contributed by atoms with Crippen molar-refractivity contribution in [1.82, 2.24) is 5.32 Å². The molecule has 2 rings (SSSR count). The Morgan fingerprint density at radius 1 is 1.38 bits per heavy atom. The zero-order valence-corrected chi connectivity index (χ0v) is 13.0. The molecular weight excluding hydrogens is 286 g/mol. The van der Waals surface area contributed by atoms with Gasteiger partial charge in [-0.3, -0.25) is 9.59 Å². The molecule has 1 fully saturated rings. The molecule has 1 saturated carbocycles. The number of nitrogens with one attached hydrogen (secondary N) is 1. The van der Waals surface area contributed by atoms with E-state index in [2.05, 4.69) is 5.32 Å². The van der Waals surface area contributed by atoms with Gasteiger partial charge >= 0.3 is 5.97 Å². The molecular formula is C16H21NO3S. The third-order valence-electron chi connectivity index (χ3n) is 3.92. The number of rotatable bonds is 5. The lowest BCUT2D eigenvalue weighted by molar-refractivity contribution is -0.145. The largest absolute Gasteiger partial charge is 0.481 e. The van der Waals surface area contributed by atoms with Crippen molar-refractivity contribution in [3.8, 4) is 0 Å². The van der Waals surface area contributed by atoms with Crippen molar-refractivity contribution in [2.45, 2.75) is 32.6 Å². The van der Waals surface area contributed by atoms with Crippen LogP contribution in [0.4, 0.5) is 0 Å². The molecule has 0 saturated heterocycles. The lowest BCUT2D eigenvalue weighted by atomic mass is 9.79. The number of aliphatic carboxylic acids is 1. The molecule has 4 nitrogen and oxygen atoms in total. The summed E-state index contributed by atoms with van der Waals surface area (Å²) in [4.78, 5) is 25.3. The number of amides is 1. The zero-order valence-electron chi connectivity index (χ0n) is 12.2. The maximum Gasteiger partial charge on any atom is 0.306 e. The van der Waals surface area contributed by atoms with Crippen LogP contribution in [0.5, 0.6) is 0 Å². The van der Waals surface area contributed by atoms with Gasteiger partial charge in [0.2, 0.25) is 5.91 Å². The molecule has 2 N–H and O–H groups in total. The maximum atomic E-state index is 11.8. The second-order valence-electron chi connectivity index (χ2n) is 5.52. The summed E-state index contributed by atoms with van der Waals surface area (Å²) in [6.45, 7) is 2.47. The fourth-order valence-electron chi connectivity index (χ4n) is 2.77. The summed E-state index contributed by atoms with van der Waals surface area (Å²) in [5.74, 6) is -1.16. The predicted octanol–water partition coefficient (Wildman–Crippen LogP) is 3.08. The van der Waals surface area contributed by atoms with Crippen LogP contribution in [0.1, 0.15) is 35.4 Å². The Hall–Kier alpha value is -1.62. The van der Waals surface area contributed by atoms with E-state index in [-0.39, 0.29) is 17.7 Å². The van der Waals surface area contributed by atoms with Crippen LogP contribution in [0, 0.1) is 18.8 Å². The van der Waals surface area contributed by atoms with Crippen LogP contribution in [0.25, 0.3) is 6.08 Å². The van der Waals surface area contributed by atoms with E-state index in [1.165, 1.54) is 11.0 Å². The van der Waals surface area contributed by atoms with Crippen molar-refractivity contribution < 1.29 is 14.7 Å². The quantitative estimate of drug-likeness (QED) is 0.822. The van der Waals surface area contributed by atoms with Gasteiger partial charge < -0.3 is 10.4 Å². The highest BCUT2D eigenvalue weighted by molar-refractivity contribution is 7.12. The minimum Gasteiger partial charge on any atom is -0.481 e. The highest BCUT2D eigenvalue weighted by atomic mass is 32.1. The zero-order chi connectivity index (χ0) is 15.2. The van der Waals surface area contributed by atoms with E-state index in [1.807, 2.05) is 19.1 Å². The Kier molecular flexibility index (Phi) is 5.56. The number of hydrogen-bond donors (Lipinski definition) is 2. The summed E-state index contributed by atoms with van der Waals surface area (Å²) in [6, 6.07) is 3.99. The average molecular weight is 307 g/mol. The van der Waals surface area contributed by atoms with E-state index >= 15 is 0 Å². The first-order valence-electron chi connectivity index (χ1n) is 7.31. The minimum atomic E-state index is -0.737. The number of hydrogen-bond acceptors (Lipinski definition) is 3. The number of aryl methyl sites for hydroxylation is 1. The monoisotopic (exact) mass is 307 g/mol. The molecule has 1 amide bonds. The first-order valence-corrected chi connectivity index (χ1v) is 8.13. The van der Waals surface area contributed by atoms with E-state index in [1.54, 1.807) is 17.4 Å². The highest BCUT2D eigenvalue weighted by Gasteiger charge is 2.30. The highest BCUT2D eigenvalue weighted by Crippen LogP contribution is 2.29. The van der Waals surface area contributed by atoms with Gasteiger partial charge in [0.1, 0.15) is 0 Å². The third-order valence-corrected chi connectivity index (χ3v) is 4.89. The van der Waals surface area contributed by atoms with Crippen molar-refractivity contribution in [2.75, 3.05) is 6.54 Å². The van der Waals surface area contributed by atoms with E-state index < -0.39 is 5.97 Å². The molecule has 1 aromatic heterocycles. The Bertz CT molecular complexity index is 535. The first-order chi connectivity index (χ1) is 10.1. The van der Waals surface area contributed by atoms with E-state index in [0.29, 0.717) is 6.54 Å². The Labute approximate surface area is 128 Å². The normalized spacial score (nSPS) is 22.3. The Morgan fingerprint density at radius 2 is 2.14 bits per heavy atom. The molecule has 0 aliphatic heterocycles. The van der Waals surface area contributed by atoms with Gasteiger partial charge in [0.25, 0.3) is 0 Å². The van der Waals surface area contributed by atoms with Crippen LogP contribution < -0.4 is 5.32 Å². The second kappa shape index (κ2) is 7.41. The van der Waals surface area contributed by atoms with Crippen molar-refractivity contribution >= 4 is 29.3 Å². The van der Waals surface area contributed by atoms with Gasteiger partial charge in [0.15, 0.2) is 0 Å². The van der Waals surface area contributed by atoms with Gasteiger partial charge in [-0.25, -0.2) is 0 Å². The molecule has 114 valence electrons. The van der Waals surface area contributed by atoms with Crippen LogP contribution in [-0.2, 0) is 9.59 Å². The second-order valence-corrected chi connectivity index (χ2v) is 6.84. The Balaban J connectivity index is 1.82. The summed E-state index contributed by atoms with van der Waals surface area (Å²) in [6.07, 6.45) is 6.94. The van der Waals surface area contributed by atoms with Crippen LogP contribution in [0.15, 0.2) is 18.2 Å². The first kappa shape index (κ1) is 15.8. The molecule has 0 radical (unpaired) electrons. The standard InChI is InChI=1S/C16H21NO3S/c1-11-6-7-13(21-11)8-9-15(18)17-10-12-4-2-3-5-14(12)16(19)20/h6-9,12,14H,2-5,10H2,1H3,(H,17,18)(H,19,20). The van der Waals surface area contributed by atoms with E-state index in [9.17, 15) is 14.7 Å².